The van der Waals surface area contributed by atoms with Crippen LogP contribution in [0, 0.1) is 22.7 Å². The van der Waals surface area contributed by atoms with Gasteiger partial charge in [-0.3, -0.25) is 19.2 Å². The molecule has 5 atom stereocenters. The number of piperidine rings is 1. The highest BCUT2D eigenvalue weighted by atomic mass is 32.2. The third-order valence-electron chi connectivity index (χ3n) is 11.7. The van der Waals surface area contributed by atoms with Crippen molar-refractivity contribution < 1.29 is 32.4 Å². The number of Topliss-reactive ketones (excluding diaryl/α,β-unsaturated/α-hetero) is 1. The Morgan fingerprint density at radius 1 is 0.900 bits per heavy atom. The van der Waals surface area contributed by atoms with Crippen molar-refractivity contribution in [3.63, 3.8) is 0 Å². The first-order chi connectivity index (χ1) is 23.4. The molecule has 284 valence electrons. The molecule has 3 aliphatic carbocycles. The number of urea groups is 1. The molecule has 0 spiro atoms. The van der Waals surface area contributed by atoms with Crippen LogP contribution in [-0.2, 0) is 29.0 Å². The van der Waals surface area contributed by atoms with Gasteiger partial charge >= 0.3 is 6.03 Å². The number of hydrogen-bond donors (Lipinski definition) is 4. The summed E-state index contributed by atoms with van der Waals surface area (Å²) < 4.78 is 26.4. The predicted octanol–water partition coefficient (Wildman–Crippen LogP) is 4.01. The molecule has 13 heteroatoms. The van der Waals surface area contributed by atoms with Crippen LogP contribution in [0.1, 0.15) is 132 Å². The van der Waals surface area contributed by atoms with Gasteiger partial charge in [0.25, 0.3) is 5.91 Å². The largest absolute Gasteiger partial charge is 0.347 e. The number of unbranched alkanes of at least 4 members (excludes halogenated alkanes) is 2. The van der Waals surface area contributed by atoms with Gasteiger partial charge in [-0.2, -0.15) is 0 Å². The zero-order valence-electron chi connectivity index (χ0n) is 31.5. The summed E-state index contributed by atoms with van der Waals surface area (Å²) in [5, 5.41) is 10.6. The minimum absolute atomic E-state index is 0.0206. The average molecular weight is 722 g/mol. The molecule has 0 aromatic carbocycles. The third kappa shape index (κ3) is 9.20. The summed E-state index contributed by atoms with van der Waals surface area (Å²) in [7, 11) is -3.37. The van der Waals surface area contributed by atoms with Gasteiger partial charge in [-0.25, -0.2) is 13.2 Å². The van der Waals surface area contributed by atoms with E-state index in [0.717, 1.165) is 38.5 Å². The summed E-state index contributed by atoms with van der Waals surface area (Å²) in [5.74, 6) is -2.26. The number of likely N-dealkylation sites (tertiary alicyclic amines) is 1. The van der Waals surface area contributed by atoms with E-state index < -0.39 is 74.2 Å². The van der Waals surface area contributed by atoms with E-state index in [0.29, 0.717) is 32.2 Å². The van der Waals surface area contributed by atoms with Crippen molar-refractivity contribution in [2.45, 2.75) is 161 Å². The number of sulfone groups is 1. The number of hydrogen-bond acceptors (Lipinski definition) is 7. The molecule has 0 aromatic heterocycles. The highest BCUT2D eigenvalue weighted by Gasteiger charge is 2.69. The minimum atomic E-state index is -3.37. The van der Waals surface area contributed by atoms with E-state index in [9.17, 15) is 32.4 Å². The van der Waals surface area contributed by atoms with Crippen LogP contribution in [0.5, 0.6) is 0 Å². The number of amides is 5. The normalized spacial score (nSPS) is 28.1. The molecule has 50 heavy (non-hydrogen) atoms. The highest BCUT2D eigenvalue weighted by Crippen LogP contribution is 2.65. The Morgan fingerprint density at radius 2 is 1.54 bits per heavy atom. The molecule has 3 saturated carbocycles. The third-order valence-corrected chi connectivity index (χ3v) is 14.2. The highest BCUT2D eigenvalue weighted by molar-refractivity contribution is 7.92. The van der Waals surface area contributed by atoms with Crippen LogP contribution in [0.15, 0.2) is 0 Å². The molecule has 2 heterocycles. The van der Waals surface area contributed by atoms with E-state index in [-0.39, 0.29) is 29.0 Å². The maximum absolute atomic E-state index is 14.2. The van der Waals surface area contributed by atoms with E-state index in [4.69, 9.17) is 0 Å². The molecule has 4 N–H and O–H groups in total. The number of carbonyl (C=O) groups excluding carboxylic acids is 5. The Kier molecular flexibility index (Phi) is 12.7. The number of rotatable bonds is 11. The summed E-state index contributed by atoms with van der Waals surface area (Å²) >= 11 is 0. The van der Waals surface area contributed by atoms with Crippen LogP contribution >= 0.6 is 0 Å². The molecule has 0 bridgehead atoms. The standard InChI is InChI=1S/C32H51N5O7S.C5H12/c1-30(2,3)25(35-29(42)36-32(14-8-6-9-15-32)22-11-7-10-16-45(22,43)44)28(41)37-18-20-23(31(20,4)5)24(37)27(40)33-17-21(38)26(39)34-19-12-13-19;1-3-5-4-2/h19-20,22-25H,6-18H2,1-5H3,(H,33,40)(H,34,39)(H2,35,36,42);3-5H2,1-2H3/t20-,22?,23-,24-,25+;/m0./s1. The van der Waals surface area contributed by atoms with Gasteiger partial charge in [-0.15, -0.1) is 0 Å². The number of nitrogens with one attached hydrogen (secondary N) is 4. The lowest BCUT2D eigenvalue weighted by atomic mass is 9.77. The molecule has 12 nitrogen and oxygen atoms in total. The van der Waals surface area contributed by atoms with Crippen LogP contribution < -0.4 is 21.3 Å². The van der Waals surface area contributed by atoms with Crippen LogP contribution in [0.4, 0.5) is 4.79 Å². The van der Waals surface area contributed by atoms with E-state index in [2.05, 4.69) is 49.0 Å². The summed E-state index contributed by atoms with van der Waals surface area (Å²) in [4.78, 5) is 67.5. The van der Waals surface area contributed by atoms with E-state index in [1.54, 1.807) is 0 Å². The molecule has 5 aliphatic rings. The fourth-order valence-corrected chi connectivity index (χ4v) is 10.9. The first-order valence-electron chi connectivity index (χ1n) is 19.1. The van der Waals surface area contributed by atoms with Gasteiger partial charge in [0.05, 0.1) is 23.1 Å². The Morgan fingerprint density at radius 3 is 2.08 bits per heavy atom. The molecule has 0 aromatic rings. The fourth-order valence-electron chi connectivity index (χ4n) is 8.51. The number of ketones is 1. The smallest absolute Gasteiger partial charge is 0.315 e. The van der Waals surface area contributed by atoms with Crippen LogP contribution in [0.3, 0.4) is 0 Å². The molecular weight excluding hydrogens is 659 g/mol. The first kappa shape index (κ1) is 40.1. The SMILES string of the molecule is CC(C)(C)[C@H](NC(=O)NC1(C2CCCCS2(=O)=O)CCCCC1)C(=O)N1C[C@H]2[C@@H]([C@H]1C(=O)NCC(=O)C(=O)NC1CC1)C2(C)C.CCCCC. The van der Waals surface area contributed by atoms with Crippen molar-refractivity contribution in [3.05, 3.63) is 0 Å². The van der Waals surface area contributed by atoms with Crippen LogP contribution in [-0.4, -0.2) is 90.6 Å². The zero-order chi connectivity index (χ0) is 37.1. The van der Waals surface area contributed by atoms with Gasteiger partial charge in [0.1, 0.15) is 12.1 Å². The molecule has 5 amide bonds. The van der Waals surface area contributed by atoms with E-state index in [1.165, 1.54) is 24.2 Å². The summed E-state index contributed by atoms with van der Waals surface area (Å²) in [6.07, 6.45) is 11.5. The van der Waals surface area contributed by atoms with Crippen molar-refractivity contribution in [1.29, 1.82) is 0 Å². The molecule has 1 unspecified atom stereocenters. The van der Waals surface area contributed by atoms with Crippen molar-refractivity contribution in [2.24, 2.45) is 22.7 Å². The Labute approximate surface area is 299 Å². The number of carbonyl (C=O) groups is 5. The number of nitrogens with zero attached hydrogens (tertiary/aromatic N) is 1. The van der Waals surface area contributed by atoms with Crippen LogP contribution in [0.2, 0.25) is 0 Å². The van der Waals surface area contributed by atoms with Crippen molar-refractivity contribution in [1.82, 2.24) is 26.2 Å². The molecule has 2 aliphatic heterocycles. The van der Waals surface area contributed by atoms with Gasteiger partial charge in [0.2, 0.25) is 17.6 Å². The fraction of sp³-hybridized carbons (Fsp3) is 0.865. The van der Waals surface area contributed by atoms with Gasteiger partial charge in [0, 0.05) is 12.6 Å². The maximum atomic E-state index is 14.2. The lowest BCUT2D eigenvalue weighted by molar-refractivity contribution is -0.144. The second kappa shape index (κ2) is 15.9. The molecule has 2 saturated heterocycles. The average Bonchev–Trinajstić information content (AvgIpc) is 3.89. The van der Waals surface area contributed by atoms with Gasteiger partial charge < -0.3 is 26.2 Å². The van der Waals surface area contributed by atoms with Crippen molar-refractivity contribution in [3.8, 4) is 0 Å². The topological polar surface area (TPSA) is 171 Å². The van der Waals surface area contributed by atoms with E-state index in [1.807, 2.05) is 20.8 Å². The van der Waals surface area contributed by atoms with Crippen LogP contribution in [0.25, 0.3) is 0 Å². The lowest BCUT2D eigenvalue weighted by Crippen LogP contribution is -2.66. The molecule has 5 rings (SSSR count). The molecular formula is C37H63N5O7S. The minimum Gasteiger partial charge on any atom is -0.347 e. The Bertz CT molecular complexity index is 1380. The second-order valence-corrected chi connectivity index (χ2v) is 19.4. The van der Waals surface area contributed by atoms with Gasteiger partial charge in [-0.1, -0.05) is 93.4 Å². The number of fused-ring (bicyclic) bond motifs is 1. The Balaban J connectivity index is 0.00000105. The summed E-state index contributed by atoms with van der Waals surface area (Å²) in [5.41, 5.74) is -1.79. The first-order valence-corrected chi connectivity index (χ1v) is 20.8. The van der Waals surface area contributed by atoms with Gasteiger partial charge in [-0.05, 0) is 61.2 Å². The summed E-state index contributed by atoms with van der Waals surface area (Å²) in [6, 6.07) is -2.40. The van der Waals surface area contributed by atoms with Crippen molar-refractivity contribution in [2.75, 3.05) is 18.8 Å². The zero-order valence-corrected chi connectivity index (χ0v) is 32.3. The molecule has 0 radical (unpaired) electrons. The second-order valence-electron chi connectivity index (χ2n) is 17.1. The van der Waals surface area contributed by atoms with Gasteiger partial charge in [0.15, 0.2) is 9.84 Å². The quantitative estimate of drug-likeness (QED) is 0.234. The lowest BCUT2D eigenvalue weighted by Gasteiger charge is -2.45. The predicted molar refractivity (Wildman–Crippen MR) is 193 cm³/mol. The monoisotopic (exact) mass is 721 g/mol. The van der Waals surface area contributed by atoms with Crippen molar-refractivity contribution >= 4 is 39.4 Å². The summed E-state index contributed by atoms with van der Waals surface area (Å²) in [6.45, 7) is 13.9. The molecule has 5 fully saturated rings. The Hall–Kier alpha value is -2.70. The maximum Gasteiger partial charge on any atom is 0.315 e. The van der Waals surface area contributed by atoms with E-state index >= 15 is 0 Å².